The Kier molecular flexibility index (Phi) is 57.3. The molecule has 0 rings (SSSR count). The Hall–Kier alpha value is -1.04. The van der Waals surface area contributed by atoms with Crippen LogP contribution in [-0.2, 0) is 47.7 Å². The van der Waals surface area contributed by atoms with Gasteiger partial charge in [0.2, 0.25) is 0 Å². The number of rotatable bonds is 46. The summed E-state index contributed by atoms with van der Waals surface area (Å²) in [6.45, 7) is 5.34. The van der Waals surface area contributed by atoms with Crippen LogP contribution in [0.15, 0.2) is 12.2 Å². The van der Waals surface area contributed by atoms with Gasteiger partial charge in [0.25, 0.3) is 0 Å². The van der Waals surface area contributed by atoms with Gasteiger partial charge < -0.3 is 18.9 Å². The number of ether oxygens (including phenoxy) is 4. The van der Waals surface area contributed by atoms with Crippen molar-refractivity contribution in [3.63, 3.8) is 0 Å². The van der Waals surface area contributed by atoms with E-state index in [1.807, 2.05) is 0 Å². The Morgan fingerprint density at radius 1 is 0.281 bits per heavy atom. The van der Waals surface area contributed by atoms with E-state index in [1.165, 1.54) is 167 Å². The molecule has 0 N–H and O–H groups in total. The molecule has 0 bridgehead atoms. The zero-order valence-electron chi connectivity index (χ0n) is 39.9. The molecule has 12 heteroatoms. The molecule has 0 unspecified atom stereocenters. The van der Waals surface area contributed by atoms with E-state index in [0.29, 0.717) is 38.9 Å². The van der Waals surface area contributed by atoms with Gasteiger partial charge in [-0.1, -0.05) is 206 Å². The monoisotopic (exact) mass is 925 g/mol. The van der Waals surface area contributed by atoms with Crippen molar-refractivity contribution >= 4 is 94.9 Å². The molecule has 0 atom stereocenters. The summed E-state index contributed by atoms with van der Waals surface area (Å²) >= 11 is 0. The summed E-state index contributed by atoms with van der Waals surface area (Å²) in [7, 11) is 0. The van der Waals surface area contributed by atoms with Crippen LogP contribution in [0.25, 0.3) is 0 Å². The van der Waals surface area contributed by atoms with Crippen molar-refractivity contribution in [2.45, 2.75) is 271 Å². The summed E-state index contributed by atoms with van der Waals surface area (Å²) in [4.78, 5) is 71.7. The average molecular weight is 925 g/mol. The topological polar surface area (TPSA) is 139 Å². The summed E-state index contributed by atoms with van der Waals surface area (Å²) in [6.07, 6.45) is 44.4. The van der Waals surface area contributed by atoms with Gasteiger partial charge in [0.1, 0.15) is 0 Å². The Bertz CT molecular complexity index is 1060. The molecular formula is C52H94Na2O10. The van der Waals surface area contributed by atoms with Gasteiger partial charge in [-0.3, -0.25) is 19.2 Å². The molecule has 0 saturated carbocycles. The Labute approximate surface area is 435 Å². The quantitative estimate of drug-likeness (QED) is 0.0145. The molecule has 364 valence electrons. The van der Waals surface area contributed by atoms with Crippen LogP contribution >= 0.6 is 0 Å². The summed E-state index contributed by atoms with van der Waals surface area (Å²) < 4.78 is 19.9. The molecule has 0 aromatic carbocycles. The van der Waals surface area contributed by atoms with E-state index < -0.39 is 23.9 Å². The van der Waals surface area contributed by atoms with E-state index in [2.05, 4.69) is 23.3 Å². The zero-order chi connectivity index (χ0) is 45.4. The molecule has 0 heterocycles. The molecule has 0 fully saturated rings. The minimum atomic E-state index is -1.06. The molecule has 0 aliphatic rings. The van der Waals surface area contributed by atoms with Gasteiger partial charge in [-0.2, -0.15) is 0 Å². The van der Waals surface area contributed by atoms with Crippen molar-refractivity contribution < 1.29 is 47.7 Å². The third kappa shape index (κ3) is 53.6. The predicted molar refractivity (Wildman–Crippen MR) is 264 cm³/mol. The number of hydrogen-bond acceptors (Lipinski definition) is 10. The van der Waals surface area contributed by atoms with E-state index in [-0.39, 0.29) is 96.7 Å². The predicted octanol–water partition coefficient (Wildman–Crippen LogP) is 13.1. The van der Waals surface area contributed by atoms with Crippen LogP contribution in [0.1, 0.15) is 271 Å². The molecule has 0 aliphatic heterocycles. The van der Waals surface area contributed by atoms with Gasteiger partial charge in [0.05, 0.1) is 13.2 Å². The SMILES string of the molecule is CCCCCCCCCCCCCCCCCCOC(=O)CCCCC(=O)OC(=O)/C=C/C(=O)OC(=O)CCCCC(=O)OCCCCCCCCCCCCCCCCCC.[NaH].[NaH]. The molecule has 0 aliphatic carbocycles. The Morgan fingerprint density at radius 2 is 0.484 bits per heavy atom. The van der Waals surface area contributed by atoms with Crippen molar-refractivity contribution in [3.05, 3.63) is 12.2 Å². The molecule has 64 heavy (non-hydrogen) atoms. The van der Waals surface area contributed by atoms with Gasteiger partial charge in [0, 0.05) is 37.8 Å². The molecule has 0 aromatic rings. The number of esters is 6. The molecule has 0 radical (unpaired) electrons. The van der Waals surface area contributed by atoms with Crippen LogP contribution in [0.4, 0.5) is 0 Å². The fourth-order valence-electron chi connectivity index (χ4n) is 7.42. The fourth-order valence-corrected chi connectivity index (χ4v) is 7.42. The first-order chi connectivity index (χ1) is 30.3. The molecule has 0 aromatic heterocycles. The first-order valence-corrected chi connectivity index (χ1v) is 25.8. The van der Waals surface area contributed by atoms with E-state index in [0.717, 1.165) is 50.7 Å². The van der Waals surface area contributed by atoms with Crippen LogP contribution in [0.2, 0.25) is 0 Å². The second kappa shape index (κ2) is 54.6. The summed E-state index contributed by atoms with van der Waals surface area (Å²) in [5, 5.41) is 0. The van der Waals surface area contributed by atoms with Crippen LogP contribution in [0, 0.1) is 0 Å². The summed E-state index contributed by atoms with van der Waals surface area (Å²) in [6, 6.07) is 0. The second-order valence-corrected chi connectivity index (χ2v) is 17.4. The average Bonchev–Trinajstić information content (AvgIpc) is 3.25. The maximum atomic E-state index is 12.0. The normalized spacial score (nSPS) is 10.8. The van der Waals surface area contributed by atoms with Crippen molar-refractivity contribution in [1.29, 1.82) is 0 Å². The van der Waals surface area contributed by atoms with E-state index >= 15 is 0 Å². The molecule has 0 spiro atoms. The fraction of sp³-hybridized carbons (Fsp3) is 0.846. The second-order valence-electron chi connectivity index (χ2n) is 17.4. The minimum absolute atomic E-state index is 0. The number of carbonyl (C=O) groups is 6. The van der Waals surface area contributed by atoms with E-state index in [9.17, 15) is 28.8 Å². The third-order valence-electron chi connectivity index (χ3n) is 11.3. The summed E-state index contributed by atoms with van der Waals surface area (Å²) in [5.74, 6) is -4.29. The van der Waals surface area contributed by atoms with Crippen molar-refractivity contribution in [2.75, 3.05) is 13.2 Å². The summed E-state index contributed by atoms with van der Waals surface area (Å²) in [5.41, 5.74) is 0. The molecule has 10 nitrogen and oxygen atoms in total. The standard InChI is InChI=1S/C52H92O10.2Na.2H/c1-3-5-7-9-11-13-15-17-19-21-23-25-27-29-31-37-45-59-47(53)39-33-35-41-49(55)61-51(57)43-44-52(58)62-50(56)42-36-34-40-48(54)60-46-38-32-30-28-26-24-22-20-18-16-14-12-10-8-6-4-2;;;;/h43-44H,3-42,45-46H2,1-2H3;;;;/b44-43+;;;;. The third-order valence-corrected chi connectivity index (χ3v) is 11.3. The van der Waals surface area contributed by atoms with E-state index in [1.54, 1.807) is 0 Å². The van der Waals surface area contributed by atoms with Crippen LogP contribution in [0.5, 0.6) is 0 Å². The molecular weight excluding hydrogens is 831 g/mol. The van der Waals surface area contributed by atoms with Crippen LogP contribution in [0.3, 0.4) is 0 Å². The number of carbonyl (C=O) groups excluding carboxylic acids is 6. The van der Waals surface area contributed by atoms with Crippen LogP contribution in [-0.4, -0.2) is 108 Å². The molecule has 0 amide bonds. The van der Waals surface area contributed by atoms with Crippen molar-refractivity contribution in [1.82, 2.24) is 0 Å². The maximum absolute atomic E-state index is 12.0. The first-order valence-electron chi connectivity index (χ1n) is 25.8. The number of unbranched alkanes of at least 4 members (excludes halogenated alkanes) is 32. The van der Waals surface area contributed by atoms with Gasteiger partial charge >= 0.3 is 94.9 Å². The van der Waals surface area contributed by atoms with Gasteiger partial charge in [0.15, 0.2) is 0 Å². The van der Waals surface area contributed by atoms with E-state index in [4.69, 9.17) is 9.47 Å². The Balaban J connectivity index is -0.0000186. The van der Waals surface area contributed by atoms with Crippen molar-refractivity contribution in [3.8, 4) is 0 Å². The van der Waals surface area contributed by atoms with Crippen molar-refractivity contribution in [2.24, 2.45) is 0 Å². The van der Waals surface area contributed by atoms with Gasteiger partial charge in [-0.05, 0) is 38.5 Å². The zero-order valence-corrected chi connectivity index (χ0v) is 39.9. The Morgan fingerprint density at radius 3 is 0.719 bits per heavy atom. The number of hydrogen-bond donors (Lipinski definition) is 0. The van der Waals surface area contributed by atoms with Gasteiger partial charge in [-0.15, -0.1) is 0 Å². The first kappa shape index (κ1) is 67.2. The molecule has 0 saturated heterocycles. The van der Waals surface area contributed by atoms with Gasteiger partial charge in [-0.25, -0.2) is 9.59 Å². The van der Waals surface area contributed by atoms with Crippen LogP contribution < -0.4 is 0 Å².